The van der Waals surface area contributed by atoms with Crippen LogP contribution in [0.2, 0.25) is 0 Å². The molecule has 2 heterocycles. The summed E-state index contributed by atoms with van der Waals surface area (Å²) in [5, 5.41) is 3.19. The number of fused-ring (bicyclic) bond motifs is 1. The number of rotatable bonds is 6. The molecule has 2 aliphatic heterocycles. The molecule has 0 aromatic heterocycles. The Balaban J connectivity index is 1.60. The van der Waals surface area contributed by atoms with E-state index in [4.69, 9.17) is 14.2 Å². The summed E-state index contributed by atoms with van der Waals surface area (Å²) >= 11 is 0. The third-order valence-corrected chi connectivity index (χ3v) is 5.76. The number of carbonyl (C=O) groups excluding carboxylic acids is 2. The van der Waals surface area contributed by atoms with Crippen molar-refractivity contribution in [3.63, 3.8) is 0 Å². The highest BCUT2D eigenvalue weighted by atomic mass is 16.7. The maximum absolute atomic E-state index is 13.7. The molecule has 0 spiro atoms. The predicted molar refractivity (Wildman–Crippen MR) is 129 cm³/mol. The van der Waals surface area contributed by atoms with Gasteiger partial charge in [0.15, 0.2) is 11.5 Å². The van der Waals surface area contributed by atoms with Crippen molar-refractivity contribution in [2.45, 2.75) is 20.8 Å². The normalized spacial score (nSPS) is 14.7. The van der Waals surface area contributed by atoms with E-state index in [1.807, 2.05) is 57.2 Å². The third-order valence-electron chi connectivity index (χ3n) is 5.76. The molecule has 0 saturated carbocycles. The van der Waals surface area contributed by atoms with E-state index in [9.17, 15) is 9.59 Å². The molecule has 2 amide bonds. The van der Waals surface area contributed by atoms with E-state index >= 15 is 0 Å². The summed E-state index contributed by atoms with van der Waals surface area (Å²) < 4.78 is 16.4. The Morgan fingerprint density at radius 3 is 2.56 bits per heavy atom. The molecule has 172 valence electrons. The van der Waals surface area contributed by atoms with Crippen LogP contribution in [0.4, 0.5) is 11.4 Å². The van der Waals surface area contributed by atoms with Crippen LogP contribution in [-0.2, 0) is 9.59 Å². The summed E-state index contributed by atoms with van der Waals surface area (Å²) in [4.78, 5) is 28.6. The summed E-state index contributed by atoms with van der Waals surface area (Å²) in [6.45, 7) is 6.46. The summed E-state index contributed by atoms with van der Waals surface area (Å²) in [5.74, 6) is 0.902. The van der Waals surface area contributed by atoms with Crippen molar-refractivity contribution in [1.82, 2.24) is 0 Å². The smallest absolute Gasteiger partial charge is 0.282 e. The van der Waals surface area contributed by atoms with Crippen LogP contribution in [0, 0.1) is 13.8 Å². The number of amides is 2. The van der Waals surface area contributed by atoms with Crippen molar-refractivity contribution >= 4 is 28.8 Å². The van der Waals surface area contributed by atoms with E-state index in [0.717, 1.165) is 11.1 Å². The van der Waals surface area contributed by atoms with Gasteiger partial charge in [0.1, 0.15) is 11.4 Å². The molecule has 2 aliphatic rings. The number of ether oxygens (including phenoxy) is 3. The van der Waals surface area contributed by atoms with Crippen molar-refractivity contribution in [1.29, 1.82) is 0 Å². The minimum absolute atomic E-state index is 0.107. The number of carbonyl (C=O) groups is 2. The highest BCUT2D eigenvalue weighted by molar-refractivity contribution is 6.46. The fourth-order valence-corrected chi connectivity index (χ4v) is 4.22. The molecular formula is C27H24N2O5. The number of nitrogens with one attached hydrogen (secondary N) is 1. The van der Waals surface area contributed by atoms with Gasteiger partial charge in [-0.3, -0.25) is 9.59 Å². The summed E-state index contributed by atoms with van der Waals surface area (Å²) in [5.41, 5.74) is 4.29. The Bertz CT molecular complexity index is 1340. The zero-order valence-corrected chi connectivity index (χ0v) is 19.2. The molecule has 5 rings (SSSR count). The number of hydrogen-bond acceptors (Lipinski definition) is 6. The molecule has 0 bridgehead atoms. The van der Waals surface area contributed by atoms with Gasteiger partial charge in [-0.15, -0.1) is 0 Å². The van der Waals surface area contributed by atoms with Gasteiger partial charge in [0.05, 0.1) is 17.9 Å². The topological polar surface area (TPSA) is 77.1 Å². The minimum atomic E-state index is -0.444. The molecule has 3 aromatic rings. The van der Waals surface area contributed by atoms with Crippen LogP contribution < -0.4 is 24.4 Å². The zero-order chi connectivity index (χ0) is 23.8. The second kappa shape index (κ2) is 8.59. The average Bonchev–Trinajstić information content (AvgIpc) is 3.37. The second-order valence-electron chi connectivity index (χ2n) is 8.14. The minimum Gasteiger partial charge on any atom is -0.494 e. The first kappa shape index (κ1) is 21.6. The average molecular weight is 456 g/mol. The Kier molecular flexibility index (Phi) is 5.45. The molecule has 0 fully saturated rings. The van der Waals surface area contributed by atoms with Crippen molar-refractivity contribution in [3.05, 3.63) is 83.1 Å². The predicted octanol–water partition coefficient (Wildman–Crippen LogP) is 4.83. The lowest BCUT2D eigenvalue weighted by molar-refractivity contribution is -0.120. The van der Waals surface area contributed by atoms with Gasteiger partial charge in [-0.2, -0.15) is 0 Å². The highest BCUT2D eigenvalue weighted by Crippen LogP contribution is 2.40. The lowest BCUT2D eigenvalue weighted by Gasteiger charge is -2.16. The van der Waals surface area contributed by atoms with Gasteiger partial charge < -0.3 is 19.5 Å². The molecule has 3 aromatic carbocycles. The quantitative estimate of drug-likeness (QED) is 0.536. The number of hydrogen-bond donors (Lipinski definition) is 1. The third kappa shape index (κ3) is 3.75. The van der Waals surface area contributed by atoms with Crippen LogP contribution in [-0.4, -0.2) is 25.2 Å². The van der Waals surface area contributed by atoms with Gasteiger partial charge in [0.2, 0.25) is 6.79 Å². The van der Waals surface area contributed by atoms with Crippen LogP contribution in [0.15, 0.2) is 66.4 Å². The molecule has 0 unspecified atom stereocenters. The van der Waals surface area contributed by atoms with Crippen LogP contribution in [0.1, 0.15) is 23.6 Å². The maximum Gasteiger partial charge on any atom is 0.282 e. The highest BCUT2D eigenvalue weighted by Gasteiger charge is 2.41. The molecule has 34 heavy (non-hydrogen) atoms. The Labute approximate surface area is 197 Å². The monoisotopic (exact) mass is 456 g/mol. The summed E-state index contributed by atoms with van der Waals surface area (Å²) in [7, 11) is 0. The molecule has 7 nitrogen and oxygen atoms in total. The van der Waals surface area contributed by atoms with Gasteiger partial charge >= 0.3 is 0 Å². The Hall–Kier alpha value is -4.26. The van der Waals surface area contributed by atoms with E-state index in [2.05, 4.69) is 5.32 Å². The number of imide groups is 1. The maximum atomic E-state index is 13.7. The fraction of sp³-hybridized carbons (Fsp3) is 0.185. The van der Waals surface area contributed by atoms with E-state index in [0.29, 0.717) is 46.4 Å². The van der Waals surface area contributed by atoms with Crippen molar-refractivity contribution in [2.75, 3.05) is 23.6 Å². The molecular weight excluding hydrogens is 432 g/mol. The van der Waals surface area contributed by atoms with Crippen LogP contribution in [0.3, 0.4) is 0 Å². The summed E-state index contributed by atoms with van der Waals surface area (Å²) in [6.07, 6.45) is 0. The molecule has 0 aliphatic carbocycles. The standard InChI is InChI=1S/C27H24N2O5/c1-4-32-20-7-5-6-18(13-20)28-25-24(21-10-8-16(2)12-17(21)3)26(30)29(27(25)31)19-9-11-22-23(14-19)34-15-33-22/h5-14,28H,4,15H2,1-3H3. The number of aryl methyl sites for hydroxylation is 2. The van der Waals surface area contributed by atoms with E-state index in [-0.39, 0.29) is 12.5 Å². The second-order valence-corrected chi connectivity index (χ2v) is 8.14. The molecule has 1 N–H and O–H groups in total. The van der Waals surface area contributed by atoms with Gasteiger partial charge in [-0.1, -0.05) is 29.8 Å². The lowest BCUT2D eigenvalue weighted by atomic mass is 9.97. The van der Waals surface area contributed by atoms with Crippen LogP contribution in [0.25, 0.3) is 5.57 Å². The van der Waals surface area contributed by atoms with Gasteiger partial charge in [-0.05, 0) is 56.2 Å². The van der Waals surface area contributed by atoms with Gasteiger partial charge in [-0.25, -0.2) is 4.90 Å². The first-order chi connectivity index (χ1) is 16.5. The van der Waals surface area contributed by atoms with Crippen LogP contribution >= 0.6 is 0 Å². The fourth-order valence-electron chi connectivity index (χ4n) is 4.22. The SMILES string of the molecule is CCOc1cccc(NC2=C(c3ccc(C)cc3C)C(=O)N(c3ccc4c(c3)OCO4)C2=O)c1. The van der Waals surface area contributed by atoms with Crippen molar-refractivity contribution < 1.29 is 23.8 Å². The first-order valence-corrected chi connectivity index (χ1v) is 11.1. The van der Waals surface area contributed by atoms with E-state index < -0.39 is 11.8 Å². The molecule has 0 saturated heterocycles. The van der Waals surface area contributed by atoms with Gasteiger partial charge in [0, 0.05) is 17.8 Å². The Morgan fingerprint density at radius 1 is 0.941 bits per heavy atom. The number of benzene rings is 3. The lowest BCUT2D eigenvalue weighted by Crippen LogP contribution is -2.32. The van der Waals surface area contributed by atoms with Gasteiger partial charge in [0.25, 0.3) is 11.8 Å². The first-order valence-electron chi connectivity index (χ1n) is 11.1. The van der Waals surface area contributed by atoms with E-state index in [1.54, 1.807) is 24.3 Å². The van der Waals surface area contributed by atoms with Crippen molar-refractivity contribution in [2.24, 2.45) is 0 Å². The Morgan fingerprint density at radius 2 is 1.76 bits per heavy atom. The number of anilines is 2. The van der Waals surface area contributed by atoms with Crippen molar-refractivity contribution in [3.8, 4) is 17.2 Å². The molecule has 0 atom stereocenters. The van der Waals surface area contributed by atoms with Crippen LogP contribution in [0.5, 0.6) is 17.2 Å². The molecule has 0 radical (unpaired) electrons. The summed E-state index contributed by atoms with van der Waals surface area (Å²) in [6, 6.07) is 18.2. The molecule has 7 heteroatoms. The van der Waals surface area contributed by atoms with E-state index in [1.165, 1.54) is 4.90 Å². The zero-order valence-electron chi connectivity index (χ0n) is 19.2. The number of nitrogens with zero attached hydrogens (tertiary/aromatic N) is 1. The largest absolute Gasteiger partial charge is 0.494 e.